The van der Waals surface area contributed by atoms with Gasteiger partial charge in [0.25, 0.3) is 0 Å². The molecular weight excluding hydrogens is 368 g/mol. The van der Waals surface area contributed by atoms with E-state index >= 15 is 0 Å². The van der Waals surface area contributed by atoms with Crippen LogP contribution in [-0.4, -0.2) is 67.2 Å². The van der Waals surface area contributed by atoms with E-state index in [1.54, 1.807) is 0 Å². The topological polar surface area (TPSA) is 141 Å². The van der Waals surface area contributed by atoms with Crippen LogP contribution in [0, 0.1) is 0 Å². The molecule has 11 heteroatoms. The van der Waals surface area contributed by atoms with Crippen molar-refractivity contribution >= 4 is 29.8 Å². The molecule has 1 aliphatic rings. The van der Waals surface area contributed by atoms with Crippen LogP contribution in [0.25, 0.3) is 0 Å². The Hall–Kier alpha value is -2.69. The fraction of sp³-hybridized carbons (Fsp3) is 0.688. The van der Waals surface area contributed by atoms with Crippen molar-refractivity contribution in [1.29, 1.82) is 0 Å². The fourth-order valence-corrected chi connectivity index (χ4v) is 2.45. The second-order valence-electron chi connectivity index (χ2n) is 5.68. The van der Waals surface area contributed by atoms with Crippen molar-refractivity contribution in [1.82, 2.24) is 0 Å². The third-order valence-corrected chi connectivity index (χ3v) is 3.23. The van der Waals surface area contributed by atoms with E-state index in [0.29, 0.717) is 0 Å². The first-order valence-corrected chi connectivity index (χ1v) is 7.99. The molecule has 11 nitrogen and oxygen atoms in total. The Morgan fingerprint density at radius 3 is 1.52 bits per heavy atom. The molecule has 0 aromatic heterocycles. The predicted molar refractivity (Wildman–Crippen MR) is 83.7 cm³/mol. The lowest BCUT2D eigenvalue weighted by molar-refractivity contribution is -0.300. The molecule has 5 atom stereocenters. The summed E-state index contributed by atoms with van der Waals surface area (Å²) in [4.78, 5) is 57.0. The number of carbonyl (C=O) groups excluding carboxylic acids is 5. The standard InChI is InChI=1S/C16H22O11/c1-7(17)22-6-12-13(23-8(2)18)14(24-9(3)19)15(25-10(4)20)16(27-12)26-11(5)21/h12-16H,6H2,1-5H3/t12?,13-,14+,15?,16?/m0/s1. The van der Waals surface area contributed by atoms with Gasteiger partial charge >= 0.3 is 29.8 Å². The first-order valence-electron chi connectivity index (χ1n) is 7.99. The Balaban J connectivity index is 3.29. The Labute approximate surface area is 155 Å². The lowest BCUT2D eigenvalue weighted by Crippen LogP contribution is -2.63. The van der Waals surface area contributed by atoms with E-state index in [1.165, 1.54) is 0 Å². The van der Waals surface area contributed by atoms with Crippen molar-refractivity contribution in [3.8, 4) is 0 Å². The van der Waals surface area contributed by atoms with E-state index in [-0.39, 0.29) is 0 Å². The molecule has 152 valence electrons. The van der Waals surface area contributed by atoms with Gasteiger partial charge in [0.1, 0.15) is 12.7 Å². The smallest absolute Gasteiger partial charge is 0.305 e. The number of ether oxygens (including phenoxy) is 6. The largest absolute Gasteiger partial charge is 0.463 e. The summed E-state index contributed by atoms with van der Waals surface area (Å²) in [6, 6.07) is 0. The van der Waals surface area contributed by atoms with Crippen molar-refractivity contribution in [3.63, 3.8) is 0 Å². The molecule has 27 heavy (non-hydrogen) atoms. The van der Waals surface area contributed by atoms with E-state index in [1.807, 2.05) is 0 Å². The zero-order valence-electron chi connectivity index (χ0n) is 15.6. The first-order chi connectivity index (χ1) is 12.5. The molecule has 0 amide bonds. The van der Waals surface area contributed by atoms with Crippen LogP contribution in [0.5, 0.6) is 0 Å². The van der Waals surface area contributed by atoms with Crippen molar-refractivity contribution in [2.24, 2.45) is 0 Å². The minimum absolute atomic E-state index is 0.393. The number of carbonyl (C=O) groups is 5. The van der Waals surface area contributed by atoms with Crippen LogP contribution in [-0.2, 0) is 52.4 Å². The summed E-state index contributed by atoms with van der Waals surface area (Å²) in [5.41, 5.74) is 0. The maximum atomic E-state index is 11.5. The molecule has 1 saturated heterocycles. The van der Waals surface area contributed by atoms with Crippen molar-refractivity contribution < 1.29 is 52.4 Å². The zero-order chi connectivity index (χ0) is 20.7. The van der Waals surface area contributed by atoms with E-state index in [4.69, 9.17) is 28.4 Å². The normalized spacial score (nSPS) is 27.1. The molecule has 0 aromatic rings. The van der Waals surface area contributed by atoms with Gasteiger partial charge in [0, 0.05) is 34.6 Å². The van der Waals surface area contributed by atoms with Gasteiger partial charge in [-0.25, -0.2) is 0 Å². The fourth-order valence-electron chi connectivity index (χ4n) is 2.45. The van der Waals surface area contributed by atoms with Gasteiger partial charge in [-0.05, 0) is 0 Å². The Morgan fingerprint density at radius 1 is 0.630 bits per heavy atom. The van der Waals surface area contributed by atoms with E-state index in [0.717, 1.165) is 34.6 Å². The molecule has 0 aromatic carbocycles. The number of rotatable bonds is 6. The Kier molecular flexibility index (Phi) is 8.16. The molecule has 0 radical (unpaired) electrons. The van der Waals surface area contributed by atoms with Gasteiger partial charge in [-0.1, -0.05) is 0 Å². The highest BCUT2D eigenvalue weighted by Gasteiger charge is 2.53. The van der Waals surface area contributed by atoms with E-state index < -0.39 is 67.2 Å². The number of esters is 5. The van der Waals surface area contributed by atoms with Crippen molar-refractivity contribution in [3.05, 3.63) is 0 Å². The zero-order valence-corrected chi connectivity index (χ0v) is 15.6. The lowest BCUT2D eigenvalue weighted by Gasteiger charge is -2.43. The molecule has 1 rings (SSSR count). The maximum absolute atomic E-state index is 11.5. The molecule has 1 aliphatic heterocycles. The quantitative estimate of drug-likeness (QED) is 0.433. The first kappa shape index (κ1) is 22.4. The average molecular weight is 390 g/mol. The van der Waals surface area contributed by atoms with Crippen LogP contribution in [0.3, 0.4) is 0 Å². The number of hydrogen-bond acceptors (Lipinski definition) is 11. The summed E-state index contributed by atoms with van der Waals surface area (Å²) in [5.74, 6) is -3.71. The third kappa shape index (κ3) is 7.21. The Morgan fingerprint density at radius 2 is 1.07 bits per heavy atom. The molecule has 0 saturated carbocycles. The Bertz CT molecular complexity index is 599. The predicted octanol–water partition coefficient (Wildman–Crippen LogP) is -0.367. The summed E-state index contributed by atoms with van der Waals surface area (Å²) >= 11 is 0. The van der Waals surface area contributed by atoms with Gasteiger partial charge in [-0.15, -0.1) is 0 Å². The average Bonchev–Trinajstić information content (AvgIpc) is 2.49. The minimum Gasteiger partial charge on any atom is -0.463 e. The summed E-state index contributed by atoms with van der Waals surface area (Å²) in [7, 11) is 0. The molecular formula is C16H22O11. The lowest BCUT2D eigenvalue weighted by atomic mass is 9.98. The monoisotopic (exact) mass is 390 g/mol. The summed E-state index contributed by atoms with van der Waals surface area (Å²) in [6.45, 7) is 5.13. The molecule has 0 bridgehead atoms. The molecule has 0 aliphatic carbocycles. The maximum Gasteiger partial charge on any atom is 0.305 e. The van der Waals surface area contributed by atoms with Gasteiger partial charge in [0.2, 0.25) is 12.4 Å². The van der Waals surface area contributed by atoms with Gasteiger partial charge in [0.05, 0.1) is 0 Å². The van der Waals surface area contributed by atoms with Gasteiger partial charge < -0.3 is 28.4 Å². The molecule has 1 fully saturated rings. The SMILES string of the molecule is CC(=O)OCC1OC(OC(C)=O)C(OC(C)=O)[C@H](OC(C)=O)[C@H]1OC(C)=O. The highest BCUT2D eigenvalue weighted by molar-refractivity contribution is 5.69. The van der Waals surface area contributed by atoms with Crippen molar-refractivity contribution in [2.75, 3.05) is 6.61 Å². The minimum atomic E-state index is -1.48. The van der Waals surface area contributed by atoms with Gasteiger partial charge in [-0.2, -0.15) is 0 Å². The molecule has 0 spiro atoms. The second-order valence-corrected chi connectivity index (χ2v) is 5.68. The van der Waals surface area contributed by atoms with Crippen LogP contribution in [0.2, 0.25) is 0 Å². The van der Waals surface area contributed by atoms with Crippen molar-refractivity contribution in [2.45, 2.75) is 65.3 Å². The van der Waals surface area contributed by atoms with Crippen LogP contribution in [0.4, 0.5) is 0 Å². The van der Waals surface area contributed by atoms with E-state index in [9.17, 15) is 24.0 Å². The summed E-state index contributed by atoms with van der Waals surface area (Å²) in [5, 5.41) is 0. The van der Waals surface area contributed by atoms with Crippen LogP contribution < -0.4 is 0 Å². The van der Waals surface area contributed by atoms with Crippen LogP contribution in [0.1, 0.15) is 34.6 Å². The van der Waals surface area contributed by atoms with E-state index in [2.05, 4.69) is 0 Å². The van der Waals surface area contributed by atoms with Gasteiger partial charge in [0.15, 0.2) is 12.2 Å². The van der Waals surface area contributed by atoms with Crippen LogP contribution >= 0.6 is 0 Å². The third-order valence-electron chi connectivity index (χ3n) is 3.23. The molecule has 1 heterocycles. The molecule has 0 N–H and O–H groups in total. The number of hydrogen-bond donors (Lipinski definition) is 0. The summed E-state index contributed by atoms with van der Waals surface area (Å²) in [6.07, 6.45) is -6.70. The summed E-state index contributed by atoms with van der Waals surface area (Å²) < 4.78 is 30.8. The van der Waals surface area contributed by atoms with Crippen LogP contribution in [0.15, 0.2) is 0 Å². The van der Waals surface area contributed by atoms with Gasteiger partial charge in [-0.3, -0.25) is 24.0 Å². The highest BCUT2D eigenvalue weighted by atomic mass is 16.7. The second kappa shape index (κ2) is 9.86. The highest BCUT2D eigenvalue weighted by Crippen LogP contribution is 2.29. The molecule has 3 unspecified atom stereocenters.